The van der Waals surface area contributed by atoms with Crippen molar-refractivity contribution in [2.45, 2.75) is 32.4 Å². The highest BCUT2D eigenvalue weighted by atomic mass is 15.2. The van der Waals surface area contributed by atoms with E-state index in [-0.39, 0.29) is 0 Å². The van der Waals surface area contributed by atoms with Gasteiger partial charge in [0.15, 0.2) is 0 Å². The molecule has 1 fully saturated rings. The number of hydrogen-bond donors (Lipinski definition) is 1. The summed E-state index contributed by atoms with van der Waals surface area (Å²) < 4.78 is 2.25. The Morgan fingerprint density at radius 3 is 3.06 bits per heavy atom. The van der Waals surface area contributed by atoms with E-state index in [0.717, 1.165) is 12.5 Å². The molecule has 0 saturated heterocycles. The molecule has 0 bridgehead atoms. The first-order valence-electron chi connectivity index (χ1n) is 6.15. The third-order valence-electron chi connectivity index (χ3n) is 3.14. The van der Waals surface area contributed by atoms with Gasteiger partial charge >= 0.3 is 0 Å². The maximum absolute atomic E-state index is 4.37. The summed E-state index contributed by atoms with van der Waals surface area (Å²) in [5, 5.41) is 3.41. The van der Waals surface area contributed by atoms with E-state index < -0.39 is 0 Å². The number of nitrogens with one attached hydrogen (secondary N) is 1. The third kappa shape index (κ3) is 2.33. The molecular weight excluding hydrogens is 210 g/mol. The minimum atomic E-state index is 0.678. The van der Waals surface area contributed by atoms with Crippen LogP contribution in [0.4, 0.5) is 5.95 Å². The van der Waals surface area contributed by atoms with E-state index in [2.05, 4.69) is 52.3 Å². The van der Waals surface area contributed by atoms with Crippen molar-refractivity contribution >= 4 is 5.95 Å². The number of aryl methyl sites for hydroxylation is 1. The zero-order chi connectivity index (χ0) is 11.7. The molecule has 1 aromatic carbocycles. The molecule has 0 radical (unpaired) electrons. The summed E-state index contributed by atoms with van der Waals surface area (Å²) in [6.45, 7) is 2.96. The molecule has 1 heterocycles. The zero-order valence-corrected chi connectivity index (χ0v) is 10.1. The number of hydrogen-bond acceptors (Lipinski definition) is 2. The van der Waals surface area contributed by atoms with Gasteiger partial charge in [0.05, 0.1) is 0 Å². The Kier molecular flexibility index (Phi) is 2.59. The van der Waals surface area contributed by atoms with Crippen molar-refractivity contribution < 1.29 is 0 Å². The second-order valence-corrected chi connectivity index (χ2v) is 4.73. The van der Waals surface area contributed by atoms with Crippen LogP contribution in [0.5, 0.6) is 0 Å². The molecule has 3 rings (SSSR count). The van der Waals surface area contributed by atoms with Crippen LogP contribution in [-0.4, -0.2) is 9.55 Å². The van der Waals surface area contributed by atoms with Gasteiger partial charge in [0.2, 0.25) is 5.95 Å². The summed E-state index contributed by atoms with van der Waals surface area (Å²) in [6, 6.07) is 9.24. The molecular formula is C14H17N3. The Morgan fingerprint density at radius 2 is 2.29 bits per heavy atom. The van der Waals surface area contributed by atoms with Crippen LogP contribution in [0.3, 0.4) is 0 Å². The van der Waals surface area contributed by atoms with Crippen molar-refractivity contribution in [3.05, 3.63) is 47.8 Å². The van der Waals surface area contributed by atoms with E-state index in [1.807, 2.05) is 6.20 Å². The summed E-state index contributed by atoms with van der Waals surface area (Å²) in [4.78, 5) is 4.37. The van der Waals surface area contributed by atoms with Crippen LogP contribution < -0.4 is 5.32 Å². The van der Waals surface area contributed by atoms with Crippen LogP contribution in [0, 0.1) is 6.92 Å². The predicted molar refractivity (Wildman–Crippen MR) is 69.0 cm³/mol. The van der Waals surface area contributed by atoms with Gasteiger partial charge in [-0.1, -0.05) is 29.8 Å². The fourth-order valence-corrected chi connectivity index (χ4v) is 2.10. The monoisotopic (exact) mass is 227 g/mol. The molecule has 1 aliphatic carbocycles. The largest absolute Gasteiger partial charge is 0.352 e. The minimum Gasteiger partial charge on any atom is -0.352 e. The molecule has 1 aromatic heterocycles. The lowest BCUT2D eigenvalue weighted by Crippen LogP contribution is -2.06. The second kappa shape index (κ2) is 4.24. The van der Waals surface area contributed by atoms with E-state index >= 15 is 0 Å². The van der Waals surface area contributed by atoms with Crippen molar-refractivity contribution in [2.24, 2.45) is 0 Å². The van der Waals surface area contributed by atoms with Gasteiger partial charge in [-0.05, 0) is 25.3 Å². The summed E-state index contributed by atoms with van der Waals surface area (Å²) in [7, 11) is 0. The number of nitrogens with zero attached hydrogens (tertiary/aromatic N) is 2. The maximum Gasteiger partial charge on any atom is 0.203 e. The van der Waals surface area contributed by atoms with E-state index in [1.54, 1.807) is 0 Å². The number of imidazole rings is 1. The van der Waals surface area contributed by atoms with E-state index in [0.29, 0.717) is 6.04 Å². The molecule has 1 saturated carbocycles. The molecule has 2 aromatic rings. The second-order valence-electron chi connectivity index (χ2n) is 4.73. The van der Waals surface area contributed by atoms with Gasteiger partial charge in [0.1, 0.15) is 0 Å². The molecule has 1 N–H and O–H groups in total. The van der Waals surface area contributed by atoms with Crippen LogP contribution in [0.2, 0.25) is 0 Å². The standard InChI is InChI=1S/C14H17N3/c1-11-3-2-4-12(9-11)10-16-14-15-7-8-17(14)13-5-6-13/h2-4,7-9,13H,5-6,10H2,1H3,(H,15,16). The summed E-state index contributed by atoms with van der Waals surface area (Å²) in [6.07, 6.45) is 6.51. The summed E-state index contributed by atoms with van der Waals surface area (Å²) >= 11 is 0. The Hall–Kier alpha value is -1.77. The highest BCUT2D eigenvalue weighted by molar-refractivity contribution is 5.31. The van der Waals surface area contributed by atoms with Gasteiger partial charge in [-0.25, -0.2) is 4.98 Å². The Balaban J connectivity index is 1.69. The number of benzene rings is 1. The summed E-state index contributed by atoms with van der Waals surface area (Å²) in [5.41, 5.74) is 2.60. The van der Waals surface area contributed by atoms with Crippen molar-refractivity contribution in [1.82, 2.24) is 9.55 Å². The van der Waals surface area contributed by atoms with Crippen LogP contribution in [-0.2, 0) is 6.54 Å². The quantitative estimate of drug-likeness (QED) is 0.869. The van der Waals surface area contributed by atoms with Gasteiger partial charge < -0.3 is 9.88 Å². The molecule has 0 spiro atoms. The molecule has 0 unspecified atom stereocenters. The average Bonchev–Trinajstić information content (AvgIpc) is 3.06. The van der Waals surface area contributed by atoms with E-state index in [4.69, 9.17) is 0 Å². The third-order valence-corrected chi connectivity index (χ3v) is 3.14. The van der Waals surface area contributed by atoms with Crippen molar-refractivity contribution in [1.29, 1.82) is 0 Å². The van der Waals surface area contributed by atoms with Gasteiger partial charge in [0.25, 0.3) is 0 Å². The van der Waals surface area contributed by atoms with Gasteiger partial charge in [-0.15, -0.1) is 0 Å². The van der Waals surface area contributed by atoms with E-state index in [1.165, 1.54) is 24.0 Å². The molecule has 17 heavy (non-hydrogen) atoms. The molecule has 0 aliphatic heterocycles. The van der Waals surface area contributed by atoms with E-state index in [9.17, 15) is 0 Å². The summed E-state index contributed by atoms with van der Waals surface area (Å²) in [5.74, 6) is 0.994. The number of rotatable bonds is 4. The van der Waals surface area contributed by atoms with Gasteiger partial charge in [-0.3, -0.25) is 0 Å². The first-order valence-corrected chi connectivity index (χ1v) is 6.15. The van der Waals surface area contributed by atoms with Crippen LogP contribution in [0.15, 0.2) is 36.7 Å². The Bertz CT molecular complexity index is 512. The molecule has 0 amide bonds. The smallest absolute Gasteiger partial charge is 0.203 e. The number of anilines is 1. The lowest BCUT2D eigenvalue weighted by Gasteiger charge is -2.09. The molecule has 88 valence electrons. The van der Waals surface area contributed by atoms with Crippen molar-refractivity contribution in [3.8, 4) is 0 Å². The minimum absolute atomic E-state index is 0.678. The Labute approximate surface area is 101 Å². The lowest BCUT2D eigenvalue weighted by atomic mass is 10.1. The van der Waals surface area contributed by atoms with Gasteiger partial charge in [-0.2, -0.15) is 0 Å². The highest BCUT2D eigenvalue weighted by Crippen LogP contribution is 2.36. The Morgan fingerprint density at radius 1 is 1.41 bits per heavy atom. The maximum atomic E-state index is 4.37. The first kappa shape index (κ1) is 10.4. The van der Waals surface area contributed by atoms with Crippen LogP contribution in [0.1, 0.15) is 30.0 Å². The average molecular weight is 227 g/mol. The van der Waals surface area contributed by atoms with Crippen LogP contribution >= 0.6 is 0 Å². The lowest BCUT2D eigenvalue weighted by molar-refractivity contribution is 0.743. The number of aromatic nitrogens is 2. The molecule has 1 aliphatic rings. The van der Waals surface area contributed by atoms with Gasteiger partial charge in [0, 0.05) is 25.0 Å². The fraction of sp³-hybridized carbons (Fsp3) is 0.357. The van der Waals surface area contributed by atoms with Crippen LogP contribution in [0.25, 0.3) is 0 Å². The highest BCUT2D eigenvalue weighted by Gasteiger charge is 2.25. The topological polar surface area (TPSA) is 29.9 Å². The molecule has 0 atom stereocenters. The first-order chi connectivity index (χ1) is 8.33. The molecule has 3 nitrogen and oxygen atoms in total. The SMILES string of the molecule is Cc1cccc(CNc2nccn2C2CC2)c1. The van der Waals surface area contributed by atoms with Crippen molar-refractivity contribution in [2.75, 3.05) is 5.32 Å². The normalized spacial score (nSPS) is 14.9. The molecule has 3 heteroatoms. The fourth-order valence-electron chi connectivity index (χ4n) is 2.10. The predicted octanol–water partition coefficient (Wildman–Crippen LogP) is 3.14. The van der Waals surface area contributed by atoms with Crippen molar-refractivity contribution in [3.63, 3.8) is 0 Å². The zero-order valence-electron chi connectivity index (χ0n) is 10.1.